The van der Waals surface area contributed by atoms with E-state index in [4.69, 9.17) is 11.6 Å². The molecule has 3 aliphatic carbocycles. The van der Waals surface area contributed by atoms with Crippen molar-refractivity contribution in [1.82, 2.24) is 10.2 Å². The molecule has 2 bridgehead atoms. The zero-order valence-corrected chi connectivity index (χ0v) is 17.9. The van der Waals surface area contributed by atoms with Crippen LogP contribution in [0.1, 0.15) is 40.5 Å². The third-order valence-corrected chi connectivity index (χ3v) is 9.52. The van der Waals surface area contributed by atoms with Crippen LogP contribution in [0.2, 0.25) is 0 Å². The van der Waals surface area contributed by atoms with E-state index in [2.05, 4.69) is 5.32 Å². The van der Waals surface area contributed by atoms with Gasteiger partial charge in [0.1, 0.15) is 23.2 Å². The molecule has 3 unspecified atom stereocenters. The number of ketones is 1. The number of carbonyl (C=O) groups is 4. The van der Waals surface area contributed by atoms with Crippen LogP contribution in [0.5, 0.6) is 0 Å². The Morgan fingerprint density at radius 3 is 2.46 bits per heavy atom. The molecule has 154 valence electrons. The Balaban J connectivity index is 1.57. The van der Waals surface area contributed by atoms with Crippen LogP contribution < -0.4 is 5.32 Å². The number of amides is 2. The predicted molar refractivity (Wildman–Crippen MR) is 104 cm³/mol. The van der Waals surface area contributed by atoms with Crippen molar-refractivity contribution in [3.05, 3.63) is 0 Å². The first-order valence-corrected chi connectivity index (χ1v) is 11.0. The number of hydrogen-bond acceptors (Lipinski definition) is 5. The summed E-state index contributed by atoms with van der Waals surface area (Å²) >= 11 is 8.26. The van der Waals surface area contributed by atoms with Gasteiger partial charge in [-0.1, -0.05) is 13.8 Å². The third-order valence-electron chi connectivity index (χ3n) is 7.66. The molecule has 2 aliphatic heterocycles. The minimum Gasteiger partial charge on any atom is -0.480 e. The highest BCUT2D eigenvalue weighted by atomic mass is 35.5. The number of carboxylic acids is 1. The van der Waals surface area contributed by atoms with Crippen LogP contribution in [-0.2, 0) is 19.2 Å². The Kier molecular flexibility index (Phi) is 4.20. The van der Waals surface area contributed by atoms with Crippen molar-refractivity contribution in [1.29, 1.82) is 0 Å². The molecule has 9 heteroatoms. The molecule has 7 atom stereocenters. The molecule has 2 amide bonds. The second kappa shape index (κ2) is 5.88. The van der Waals surface area contributed by atoms with Gasteiger partial charge in [0.25, 0.3) is 0 Å². The topological polar surface area (TPSA) is 104 Å². The van der Waals surface area contributed by atoms with Gasteiger partial charge in [-0.3, -0.25) is 14.4 Å². The fraction of sp³-hybridized carbons (Fsp3) is 0.789. The summed E-state index contributed by atoms with van der Waals surface area (Å²) in [7, 11) is 0. The number of carbonyl (C=O) groups excluding carboxylic acids is 3. The van der Waals surface area contributed by atoms with Gasteiger partial charge in [0.05, 0.1) is 10.3 Å². The monoisotopic (exact) mass is 428 g/mol. The van der Waals surface area contributed by atoms with Crippen LogP contribution in [0.15, 0.2) is 0 Å². The Bertz CT molecular complexity index is 799. The average Bonchev–Trinajstić information content (AvgIpc) is 2.61. The highest BCUT2D eigenvalue weighted by molar-refractivity contribution is 8.00. The van der Waals surface area contributed by atoms with Crippen molar-refractivity contribution >= 4 is 46.9 Å². The normalized spacial score (nSPS) is 46.2. The summed E-state index contributed by atoms with van der Waals surface area (Å²) in [5.74, 6) is -1.77. The zero-order chi connectivity index (χ0) is 20.8. The summed E-state index contributed by atoms with van der Waals surface area (Å²) in [5.41, 5.74) is -1.46. The first-order valence-electron chi connectivity index (χ1n) is 9.56. The van der Waals surface area contributed by atoms with Gasteiger partial charge in [-0.2, -0.15) is 0 Å². The summed E-state index contributed by atoms with van der Waals surface area (Å²) < 4.78 is 0. The first-order chi connectivity index (χ1) is 12.9. The van der Waals surface area contributed by atoms with E-state index in [0.717, 1.165) is 0 Å². The van der Waals surface area contributed by atoms with Crippen molar-refractivity contribution in [3.8, 4) is 0 Å². The van der Waals surface area contributed by atoms with Gasteiger partial charge in [-0.15, -0.1) is 23.4 Å². The quantitative estimate of drug-likeness (QED) is 0.521. The van der Waals surface area contributed by atoms with Crippen LogP contribution >= 0.6 is 23.4 Å². The summed E-state index contributed by atoms with van der Waals surface area (Å²) in [6.45, 7) is 7.50. The van der Waals surface area contributed by atoms with Crippen molar-refractivity contribution in [2.45, 2.75) is 62.9 Å². The van der Waals surface area contributed by atoms with Gasteiger partial charge in [-0.05, 0) is 37.9 Å². The minimum atomic E-state index is -1.14. The lowest BCUT2D eigenvalue weighted by Gasteiger charge is -2.66. The fourth-order valence-electron chi connectivity index (χ4n) is 5.80. The Hall–Kier alpha value is -1.28. The standard InChI is InChI=1S/C19H25ClN2O5S/c1-17(2)8-7-18(3,20)19(4,12(17)11(8)23)16(27)21-10-13(24)22-9(15(25)26)5-6-28-14(10)22/h8-10,12,14H,5-7H2,1-4H3,(H,21,27)(H,25,26)/t8?,9-,10-,12?,14+,18-,19?/m1/s1. The van der Waals surface area contributed by atoms with Crippen LogP contribution in [0.4, 0.5) is 0 Å². The largest absolute Gasteiger partial charge is 0.480 e. The summed E-state index contributed by atoms with van der Waals surface area (Å²) in [6.07, 6.45) is 0.817. The van der Waals surface area contributed by atoms with Crippen molar-refractivity contribution in [2.75, 3.05) is 5.75 Å². The number of halogens is 1. The highest BCUT2D eigenvalue weighted by Gasteiger charge is 2.75. The van der Waals surface area contributed by atoms with Crippen molar-refractivity contribution < 1.29 is 24.3 Å². The maximum atomic E-state index is 13.4. The van der Waals surface area contributed by atoms with Gasteiger partial charge in [0.2, 0.25) is 11.8 Å². The Labute approximate surface area is 172 Å². The summed E-state index contributed by atoms with van der Waals surface area (Å²) in [4.78, 5) is 50.5. The third kappa shape index (κ3) is 2.24. The maximum Gasteiger partial charge on any atom is 0.326 e. The lowest BCUT2D eigenvalue weighted by atomic mass is 9.37. The molecule has 5 rings (SSSR count). The predicted octanol–water partition coefficient (Wildman–Crippen LogP) is 1.48. The van der Waals surface area contributed by atoms with Crippen molar-refractivity contribution in [2.24, 2.45) is 22.7 Å². The number of fused-ring (bicyclic) bond motifs is 3. The summed E-state index contributed by atoms with van der Waals surface area (Å²) in [5, 5.41) is 11.8. The lowest BCUT2D eigenvalue weighted by molar-refractivity contribution is -0.191. The molecule has 2 N–H and O–H groups in total. The second-order valence-electron chi connectivity index (χ2n) is 9.41. The van der Waals surface area contributed by atoms with Crippen LogP contribution in [0.25, 0.3) is 0 Å². The van der Waals surface area contributed by atoms with E-state index >= 15 is 0 Å². The molecule has 3 saturated carbocycles. The molecule has 2 saturated heterocycles. The van der Waals surface area contributed by atoms with E-state index in [1.54, 1.807) is 13.8 Å². The number of hydrogen-bond donors (Lipinski definition) is 2. The molecule has 0 aromatic carbocycles. The number of nitrogens with one attached hydrogen (secondary N) is 1. The highest BCUT2D eigenvalue weighted by Crippen LogP contribution is 2.68. The minimum absolute atomic E-state index is 0.0697. The van der Waals surface area contributed by atoms with Gasteiger partial charge in [0, 0.05) is 11.8 Å². The molecular formula is C19H25ClN2O5S. The van der Waals surface area contributed by atoms with Crippen LogP contribution in [0.3, 0.4) is 0 Å². The van der Waals surface area contributed by atoms with Gasteiger partial charge in [0.15, 0.2) is 0 Å². The van der Waals surface area contributed by atoms with E-state index in [9.17, 15) is 24.3 Å². The molecule has 2 heterocycles. The number of nitrogens with zero attached hydrogens (tertiary/aromatic N) is 1. The SMILES string of the molecule is CC1(C)C2C[C@@](C)(Cl)C(C)(C(=O)N[C@@H]3C(=O)N4[C@@H](C(=O)O)CCS[C@@H]34)C1C2=O. The zero-order valence-electron chi connectivity index (χ0n) is 16.3. The number of carboxylic acid groups (broad SMARTS) is 1. The van der Waals surface area contributed by atoms with Crippen LogP contribution in [0, 0.1) is 22.7 Å². The molecule has 0 spiro atoms. The van der Waals surface area contributed by atoms with E-state index in [1.807, 2.05) is 13.8 Å². The number of thioether (sulfide) groups is 1. The number of Topliss-reactive ketones (excluding diaryl/α,β-unsaturated/α-hetero) is 1. The molecule has 0 aromatic heterocycles. The fourth-order valence-corrected chi connectivity index (χ4v) is 7.53. The number of rotatable bonds is 3. The van der Waals surface area contributed by atoms with E-state index in [1.165, 1.54) is 16.7 Å². The van der Waals surface area contributed by atoms with E-state index in [-0.39, 0.29) is 23.0 Å². The first kappa shape index (κ1) is 20.0. The number of β-lactam (4-membered cyclic amide) rings is 1. The Morgan fingerprint density at radius 1 is 1.25 bits per heavy atom. The molecular weight excluding hydrogens is 404 g/mol. The molecule has 5 aliphatic rings. The average molecular weight is 429 g/mol. The van der Waals surface area contributed by atoms with Gasteiger partial charge < -0.3 is 15.3 Å². The molecule has 0 aromatic rings. The maximum absolute atomic E-state index is 13.4. The summed E-state index contributed by atoms with van der Waals surface area (Å²) in [6, 6.07) is -1.62. The van der Waals surface area contributed by atoms with Crippen molar-refractivity contribution in [3.63, 3.8) is 0 Å². The number of aliphatic carboxylic acids is 1. The smallest absolute Gasteiger partial charge is 0.326 e. The second-order valence-corrected chi connectivity index (χ2v) is 11.5. The Morgan fingerprint density at radius 2 is 1.89 bits per heavy atom. The molecule has 5 fully saturated rings. The van der Waals surface area contributed by atoms with Gasteiger partial charge >= 0.3 is 5.97 Å². The van der Waals surface area contributed by atoms with Crippen LogP contribution in [-0.4, -0.2) is 61.7 Å². The van der Waals surface area contributed by atoms with Gasteiger partial charge in [-0.25, -0.2) is 4.79 Å². The van der Waals surface area contributed by atoms with E-state index in [0.29, 0.717) is 18.6 Å². The van der Waals surface area contributed by atoms with E-state index < -0.39 is 45.5 Å². The lowest BCUT2D eigenvalue weighted by Crippen LogP contribution is -2.78. The molecule has 28 heavy (non-hydrogen) atoms. The molecule has 0 radical (unpaired) electrons. The molecule has 7 nitrogen and oxygen atoms in total. The number of alkyl halides is 1.